The summed E-state index contributed by atoms with van der Waals surface area (Å²) >= 11 is 0. The third-order valence-corrected chi connectivity index (χ3v) is 9.20. The summed E-state index contributed by atoms with van der Waals surface area (Å²) in [5.41, 5.74) is 5.15. The second-order valence-corrected chi connectivity index (χ2v) is 20.2. The number of unbranched alkanes of at least 4 members (excludes halogenated alkanes) is 1. The van der Waals surface area contributed by atoms with Crippen molar-refractivity contribution in [2.24, 2.45) is 11.7 Å². The van der Waals surface area contributed by atoms with E-state index in [-0.39, 0.29) is 25.1 Å². The van der Waals surface area contributed by atoms with Crippen molar-refractivity contribution in [1.29, 1.82) is 0 Å². The molecule has 0 saturated carbocycles. The molecule has 22 nitrogen and oxygen atoms in total. The van der Waals surface area contributed by atoms with E-state index < -0.39 is 66.1 Å². The van der Waals surface area contributed by atoms with E-state index in [2.05, 4.69) is 29.7 Å². The van der Waals surface area contributed by atoms with Gasteiger partial charge in [0.25, 0.3) is 15.0 Å². The molecule has 0 aliphatic heterocycles. The number of carbonyl (C=O) groups excluding carboxylic acids is 4. The van der Waals surface area contributed by atoms with Crippen molar-refractivity contribution in [1.82, 2.24) is 24.6 Å². The van der Waals surface area contributed by atoms with Gasteiger partial charge in [-0.15, -0.1) is 0 Å². The van der Waals surface area contributed by atoms with Gasteiger partial charge in [0.2, 0.25) is 7.44 Å². The number of nitrogens with zero attached hydrogens (tertiary/aromatic N) is 2. The summed E-state index contributed by atoms with van der Waals surface area (Å²) in [6, 6.07) is -1.92. The fourth-order valence-corrected chi connectivity index (χ4v) is 5.95. The van der Waals surface area contributed by atoms with E-state index in [1.807, 2.05) is 6.92 Å². The molecule has 0 aromatic carbocycles. The molecule has 332 valence electrons. The van der Waals surface area contributed by atoms with E-state index >= 15 is 0 Å². The lowest BCUT2D eigenvalue weighted by Gasteiger charge is -2.21. The van der Waals surface area contributed by atoms with Gasteiger partial charge >= 0.3 is 31.5 Å². The normalized spacial score (nSPS) is 15.9. The summed E-state index contributed by atoms with van der Waals surface area (Å²) in [5.74, 6) is -2.05. The minimum atomic E-state index is -3.64. The Kier molecular flexibility index (Phi) is 34.1. The number of carbonyl (C=O) groups is 4. The number of nitrogens with two attached hydrogens (primary N) is 1. The van der Waals surface area contributed by atoms with Crippen molar-refractivity contribution in [3.05, 3.63) is 18.7 Å². The second-order valence-electron chi connectivity index (χ2n) is 11.9. The topological polar surface area (TPSA) is 334 Å². The standard InChI is InChI=1S/C14H29N2O5P.C6H14NO4P.C5H11NO2.C4H7N2O2P.CH5O3P/c1-6-8-9-21-14(18)12(4)16-22(5,19)15-10-11(3)13(17)20-7-2;1-4-11-6(8)5(2)7-12(3,9)10;1-3-8-5(7)4(2)6;1-9(7,8)6-3-2-5-4-6;1-5(2,3)4/h11-12H,6-10H2,1-5H3,(H2,15,16,19);5H,4H2,1-3H3,(H2,7,9,10);4H,3,6H2,1-2H3;2-4H,1H3,(H,7,8);1H3,(H2,2,3,4). The third kappa shape index (κ3) is 41.3. The highest BCUT2D eigenvalue weighted by molar-refractivity contribution is 7.59. The van der Waals surface area contributed by atoms with Crippen molar-refractivity contribution in [3.63, 3.8) is 0 Å². The number of rotatable bonds is 18. The van der Waals surface area contributed by atoms with Crippen molar-refractivity contribution in [2.45, 2.75) is 86.4 Å². The molecular formula is C30H66N6O16P4. The van der Waals surface area contributed by atoms with E-state index in [4.69, 9.17) is 34.8 Å². The van der Waals surface area contributed by atoms with Crippen LogP contribution < -0.4 is 21.0 Å². The first-order chi connectivity index (χ1) is 25.4. The van der Waals surface area contributed by atoms with Crippen LogP contribution in [-0.4, -0.2) is 131 Å². The van der Waals surface area contributed by atoms with Gasteiger partial charge in [0.1, 0.15) is 24.5 Å². The van der Waals surface area contributed by atoms with E-state index in [1.165, 1.54) is 43.3 Å². The van der Waals surface area contributed by atoms with Gasteiger partial charge in [0, 0.05) is 45.6 Å². The van der Waals surface area contributed by atoms with Crippen LogP contribution in [0.1, 0.15) is 68.2 Å². The fourth-order valence-electron chi connectivity index (χ4n) is 3.01. The zero-order valence-electron chi connectivity index (χ0n) is 34.4. The Balaban J connectivity index is -0.000000334. The van der Waals surface area contributed by atoms with Gasteiger partial charge in [0.15, 0.2) is 0 Å². The van der Waals surface area contributed by atoms with Crippen LogP contribution in [0.15, 0.2) is 18.7 Å². The molecule has 1 aromatic rings. The van der Waals surface area contributed by atoms with Crippen LogP contribution in [0.3, 0.4) is 0 Å². The zero-order valence-corrected chi connectivity index (χ0v) is 38.0. The van der Waals surface area contributed by atoms with Crippen LogP contribution in [-0.2, 0) is 56.4 Å². The van der Waals surface area contributed by atoms with Crippen LogP contribution in [0.2, 0.25) is 0 Å². The number of aromatic nitrogens is 2. The molecule has 0 saturated heterocycles. The number of imidazole rings is 1. The van der Waals surface area contributed by atoms with Crippen LogP contribution in [0.5, 0.6) is 0 Å². The smallest absolute Gasteiger partial charge is 0.323 e. The Labute approximate surface area is 330 Å². The molecule has 1 aromatic heterocycles. The predicted octanol–water partition coefficient (Wildman–Crippen LogP) is 2.50. The number of nitrogens with one attached hydrogen (secondary N) is 3. The predicted molar refractivity (Wildman–Crippen MR) is 212 cm³/mol. The summed E-state index contributed by atoms with van der Waals surface area (Å²) < 4.78 is 63.5. The highest BCUT2D eigenvalue weighted by Gasteiger charge is 2.25. The van der Waals surface area contributed by atoms with Gasteiger partial charge < -0.3 is 44.3 Å². The Morgan fingerprint density at radius 2 is 1.16 bits per heavy atom. The number of hydrogen-bond donors (Lipinski definition) is 8. The van der Waals surface area contributed by atoms with Crippen LogP contribution in [0.4, 0.5) is 0 Å². The first kappa shape index (κ1) is 60.4. The number of hydrogen-bond acceptors (Lipinski definition) is 14. The monoisotopic (exact) mass is 890 g/mol. The maximum Gasteiger partial charge on any atom is 0.323 e. The average Bonchev–Trinajstić information content (AvgIpc) is 3.60. The minimum absolute atomic E-state index is 0.206. The molecule has 9 N–H and O–H groups in total. The molecule has 0 aliphatic rings. The zero-order chi connectivity index (χ0) is 44.9. The molecule has 0 bridgehead atoms. The lowest BCUT2D eigenvalue weighted by atomic mass is 10.2. The Morgan fingerprint density at radius 1 is 0.732 bits per heavy atom. The van der Waals surface area contributed by atoms with Gasteiger partial charge in [-0.25, -0.2) is 15.2 Å². The molecule has 56 heavy (non-hydrogen) atoms. The molecule has 0 fully saturated rings. The van der Waals surface area contributed by atoms with Crippen molar-refractivity contribution < 1.29 is 76.0 Å². The van der Waals surface area contributed by atoms with E-state index in [0.717, 1.165) is 26.2 Å². The van der Waals surface area contributed by atoms with Gasteiger partial charge in [-0.1, -0.05) is 20.3 Å². The van der Waals surface area contributed by atoms with Crippen LogP contribution in [0.25, 0.3) is 0 Å². The number of ether oxygens (including phenoxy) is 4. The highest BCUT2D eigenvalue weighted by atomic mass is 31.2. The molecule has 1 rings (SSSR count). The van der Waals surface area contributed by atoms with E-state index in [1.54, 1.807) is 41.5 Å². The SMILES string of the molecule is CCCCOC(=O)C(C)NP(C)(=O)NCC(C)C(=O)OCC.CCOC(=O)C(C)N.CCOC(=O)C(C)NP(C)(=O)O.CP(=O)(O)O.CP(=O)(O)n1ccnc1. The Hall–Kier alpha value is -2.31. The first-order valence-corrected chi connectivity index (χ1v) is 25.7. The second kappa shape index (κ2) is 31.7. The van der Waals surface area contributed by atoms with E-state index in [0.29, 0.717) is 19.8 Å². The van der Waals surface area contributed by atoms with Crippen molar-refractivity contribution in [3.8, 4) is 0 Å². The molecule has 7 unspecified atom stereocenters. The minimum Gasteiger partial charge on any atom is -0.466 e. The molecule has 26 heteroatoms. The fraction of sp³-hybridized carbons (Fsp3) is 0.767. The third-order valence-electron chi connectivity index (χ3n) is 5.57. The number of esters is 4. The highest BCUT2D eigenvalue weighted by Crippen LogP contribution is 2.36. The quantitative estimate of drug-likeness (QED) is 0.0454. The Morgan fingerprint density at radius 3 is 1.50 bits per heavy atom. The molecule has 0 aliphatic carbocycles. The van der Waals surface area contributed by atoms with Gasteiger partial charge in [-0.3, -0.25) is 46.9 Å². The maximum atomic E-state index is 12.4. The molecular weight excluding hydrogens is 824 g/mol. The molecule has 0 radical (unpaired) electrons. The summed E-state index contributed by atoms with van der Waals surface area (Å²) in [5, 5.41) is 7.75. The molecule has 0 amide bonds. The average molecular weight is 891 g/mol. The molecule has 7 atom stereocenters. The lowest BCUT2D eigenvalue weighted by molar-refractivity contribution is -0.147. The first-order valence-electron chi connectivity index (χ1n) is 17.3. The summed E-state index contributed by atoms with van der Waals surface area (Å²) in [4.78, 5) is 81.1. The van der Waals surface area contributed by atoms with Crippen LogP contribution in [0, 0.1) is 5.92 Å². The lowest BCUT2D eigenvalue weighted by Crippen LogP contribution is -2.38. The van der Waals surface area contributed by atoms with Crippen LogP contribution >= 0.6 is 30.1 Å². The maximum absolute atomic E-state index is 12.4. The largest absolute Gasteiger partial charge is 0.466 e. The summed E-state index contributed by atoms with van der Waals surface area (Å²) in [6.45, 7) is 19.8. The molecule has 0 spiro atoms. The van der Waals surface area contributed by atoms with Gasteiger partial charge in [-0.2, -0.15) is 0 Å². The summed E-state index contributed by atoms with van der Waals surface area (Å²) in [7, 11) is -13.1. The van der Waals surface area contributed by atoms with Crippen molar-refractivity contribution >= 4 is 54.0 Å². The van der Waals surface area contributed by atoms with Gasteiger partial charge in [-0.05, 0) is 48.0 Å². The molecule has 1 heterocycles. The summed E-state index contributed by atoms with van der Waals surface area (Å²) in [6.07, 6.45) is 5.99. The van der Waals surface area contributed by atoms with Crippen molar-refractivity contribution in [2.75, 3.05) is 59.6 Å². The Bertz CT molecular complexity index is 1420. The van der Waals surface area contributed by atoms with Gasteiger partial charge in [0.05, 0.1) is 32.3 Å². The van der Waals surface area contributed by atoms with E-state index in [9.17, 15) is 37.4 Å².